The lowest BCUT2D eigenvalue weighted by Crippen LogP contribution is -2.05. The Morgan fingerprint density at radius 2 is 1.51 bits per heavy atom. The normalized spacial score (nSPS) is 12.1. The molecule has 0 radical (unpaired) electrons. The van der Waals surface area contributed by atoms with Gasteiger partial charge in [0, 0.05) is 16.9 Å². The summed E-state index contributed by atoms with van der Waals surface area (Å²) in [5, 5.41) is 4.11. The van der Waals surface area contributed by atoms with Gasteiger partial charge in [-0.25, -0.2) is 8.78 Å². The molecule has 0 aliphatic carbocycles. The number of nitrogens with zero attached hydrogens (tertiary/aromatic N) is 2. The Kier molecular flexibility index (Phi) is 6.73. The van der Waals surface area contributed by atoms with Gasteiger partial charge in [0.15, 0.2) is 0 Å². The average Bonchev–Trinajstić information content (AvgIpc) is 3.17. The minimum atomic E-state index is -4.44. The van der Waals surface area contributed by atoms with Crippen LogP contribution >= 0.6 is 0 Å². The Hall–Kier alpha value is -3.94. The fraction of sp³-hybridized carbons (Fsp3) is 0.148. The molecule has 0 unspecified atom stereocenters. The van der Waals surface area contributed by atoms with E-state index in [1.54, 1.807) is 31.2 Å². The lowest BCUT2D eigenvalue weighted by atomic mass is 10.1. The summed E-state index contributed by atoms with van der Waals surface area (Å²) in [6.07, 6.45) is -4.44. The van der Waals surface area contributed by atoms with Gasteiger partial charge in [-0.3, -0.25) is 0 Å². The second-order valence-electron chi connectivity index (χ2n) is 8.00. The summed E-state index contributed by atoms with van der Waals surface area (Å²) in [6.45, 7) is 3.44. The van der Waals surface area contributed by atoms with Gasteiger partial charge in [-0.05, 0) is 91.7 Å². The second kappa shape index (κ2) is 9.74. The molecule has 8 heteroatoms. The zero-order valence-electron chi connectivity index (χ0n) is 18.9. The van der Waals surface area contributed by atoms with Crippen LogP contribution in [0.2, 0.25) is 0 Å². The predicted molar refractivity (Wildman–Crippen MR) is 124 cm³/mol. The van der Waals surface area contributed by atoms with E-state index in [1.165, 1.54) is 36.4 Å². The molecule has 0 bridgehead atoms. The maximum atomic E-state index is 13.5. The lowest BCUT2D eigenvalue weighted by Gasteiger charge is -2.12. The van der Waals surface area contributed by atoms with Gasteiger partial charge in [0.1, 0.15) is 18.2 Å². The molecule has 3 nitrogen and oxygen atoms in total. The number of halogens is 5. The summed E-state index contributed by atoms with van der Waals surface area (Å²) in [5.41, 5.74) is 3.75. The molecule has 0 aliphatic rings. The number of hydrogen-bond donors (Lipinski definition) is 0. The molecule has 3 aromatic carbocycles. The molecule has 0 amide bonds. The van der Waals surface area contributed by atoms with E-state index in [-0.39, 0.29) is 18.2 Å². The van der Waals surface area contributed by atoms with Crippen molar-refractivity contribution < 1.29 is 26.8 Å². The van der Waals surface area contributed by atoms with Crippen molar-refractivity contribution in [3.8, 4) is 16.9 Å². The zero-order valence-corrected chi connectivity index (χ0v) is 18.9. The summed E-state index contributed by atoms with van der Waals surface area (Å²) in [5.74, 6) is -0.742. The number of hydrogen-bond acceptors (Lipinski definition) is 2. The molecule has 4 aromatic rings. The monoisotopic (exact) mass is 484 g/mol. The van der Waals surface area contributed by atoms with Gasteiger partial charge in [0.25, 0.3) is 0 Å². The summed E-state index contributed by atoms with van der Waals surface area (Å²) in [7, 11) is 0. The Morgan fingerprint density at radius 1 is 0.886 bits per heavy atom. The molecular weight excluding hydrogens is 463 g/mol. The Morgan fingerprint density at radius 3 is 2.14 bits per heavy atom. The molecule has 0 N–H and O–H groups in total. The van der Waals surface area contributed by atoms with Crippen molar-refractivity contribution in [1.82, 2.24) is 4.57 Å². The highest BCUT2D eigenvalue weighted by Gasteiger charge is 2.30. The van der Waals surface area contributed by atoms with Gasteiger partial charge in [-0.2, -0.15) is 13.2 Å². The van der Waals surface area contributed by atoms with E-state index in [0.29, 0.717) is 17.0 Å². The third kappa shape index (κ3) is 5.42. The molecule has 1 aromatic heterocycles. The van der Waals surface area contributed by atoms with E-state index in [1.807, 2.05) is 17.6 Å². The molecule has 0 atom stereocenters. The first-order valence-electron chi connectivity index (χ1n) is 10.7. The van der Waals surface area contributed by atoms with E-state index in [4.69, 9.17) is 4.84 Å². The minimum Gasteiger partial charge on any atom is -0.391 e. The number of aromatic nitrogens is 1. The highest BCUT2D eigenvalue weighted by molar-refractivity contribution is 6.01. The van der Waals surface area contributed by atoms with Crippen molar-refractivity contribution in [3.05, 3.63) is 113 Å². The smallest absolute Gasteiger partial charge is 0.391 e. The largest absolute Gasteiger partial charge is 0.416 e. The standard InChI is InChI=1S/C27H21F5N2O/c1-17(33-35-16-19-4-3-5-21(14-19)27(30,31)32)25-15-26(20-6-8-22(28)9-7-20)34(18(25)2)24-12-10-23(29)11-13-24/h3-15H,16H2,1-2H3. The van der Waals surface area contributed by atoms with Crippen LogP contribution < -0.4 is 0 Å². The number of rotatable bonds is 6. The van der Waals surface area contributed by atoms with Crippen LogP contribution in [0.25, 0.3) is 16.9 Å². The van der Waals surface area contributed by atoms with Crippen LogP contribution in [0.15, 0.2) is 84.0 Å². The number of oxime groups is 1. The summed E-state index contributed by atoms with van der Waals surface area (Å²) in [6, 6.07) is 18.7. The minimum absolute atomic E-state index is 0.135. The molecule has 0 spiro atoms. The highest BCUT2D eigenvalue weighted by Crippen LogP contribution is 2.31. The van der Waals surface area contributed by atoms with Crippen molar-refractivity contribution in [3.63, 3.8) is 0 Å². The van der Waals surface area contributed by atoms with Crippen molar-refractivity contribution in [2.45, 2.75) is 26.6 Å². The summed E-state index contributed by atoms with van der Waals surface area (Å²) >= 11 is 0. The first-order valence-corrected chi connectivity index (χ1v) is 10.7. The maximum Gasteiger partial charge on any atom is 0.416 e. The van der Waals surface area contributed by atoms with E-state index >= 15 is 0 Å². The zero-order chi connectivity index (χ0) is 25.2. The Balaban J connectivity index is 1.66. The van der Waals surface area contributed by atoms with Gasteiger partial charge in [-0.1, -0.05) is 17.3 Å². The molecule has 0 saturated carbocycles. The van der Waals surface area contributed by atoms with Crippen molar-refractivity contribution >= 4 is 5.71 Å². The van der Waals surface area contributed by atoms with E-state index < -0.39 is 11.7 Å². The third-order valence-corrected chi connectivity index (χ3v) is 5.55. The topological polar surface area (TPSA) is 26.5 Å². The van der Waals surface area contributed by atoms with Crippen molar-refractivity contribution in [2.75, 3.05) is 0 Å². The van der Waals surface area contributed by atoms with E-state index in [9.17, 15) is 22.0 Å². The van der Waals surface area contributed by atoms with Crippen LogP contribution in [-0.2, 0) is 17.6 Å². The van der Waals surface area contributed by atoms with Crippen molar-refractivity contribution in [1.29, 1.82) is 0 Å². The fourth-order valence-electron chi connectivity index (χ4n) is 3.82. The fourth-order valence-corrected chi connectivity index (χ4v) is 3.82. The van der Waals surface area contributed by atoms with Gasteiger partial charge < -0.3 is 9.40 Å². The quantitative estimate of drug-likeness (QED) is 0.157. The Labute approximate surface area is 199 Å². The van der Waals surface area contributed by atoms with Gasteiger partial charge in [-0.15, -0.1) is 0 Å². The SMILES string of the molecule is CC(=NOCc1cccc(C(F)(F)F)c1)c1cc(-c2ccc(F)cc2)n(-c2ccc(F)cc2)c1C. The molecule has 4 rings (SSSR count). The van der Waals surface area contributed by atoms with Gasteiger partial charge in [0.2, 0.25) is 0 Å². The summed E-state index contributed by atoms with van der Waals surface area (Å²) in [4.78, 5) is 5.36. The molecule has 0 aliphatic heterocycles. The lowest BCUT2D eigenvalue weighted by molar-refractivity contribution is -0.137. The third-order valence-electron chi connectivity index (χ3n) is 5.55. The van der Waals surface area contributed by atoms with Crippen molar-refractivity contribution in [2.24, 2.45) is 5.16 Å². The van der Waals surface area contributed by atoms with Crippen LogP contribution in [0, 0.1) is 18.6 Å². The molecule has 0 fully saturated rings. The van der Waals surface area contributed by atoms with E-state index in [0.717, 1.165) is 34.6 Å². The van der Waals surface area contributed by atoms with Crippen LogP contribution in [0.3, 0.4) is 0 Å². The van der Waals surface area contributed by atoms with Gasteiger partial charge >= 0.3 is 6.18 Å². The molecule has 1 heterocycles. The number of alkyl halides is 3. The first-order chi connectivity index (χ1) is 16.6. The molecular formula is C27H21F5N2O. The molecule has 35 heavy (non-hydrogen) atoms. The predicted octanol–water partition coefficient (Wildman–Crippen LogP) is 7.69. The average molecular weight is 484 g/mol. The van der Waals surface area contributed by atoms with Gasteiger partial charge in [0.05, 0.1) is 17.0 Å². The summed E-state index contributed by atoms with van der Waals surface area (Å²) < 4.78 is 67.7. The highest BCUT2D eigenvalue weighted by atomic mass is 19.4. The molecule has 0 saturated heterocycles. The maximum absolute atomic E-state index is 13.5. The first kappa shape index (κ1) is 24.2. The van der Waals surface area contributed by atoms with Crippen LogP contribution in [0.1, 0.15) is 29.3 Å². The Bertz CT molecular complexity index is 1350. The second-order valence-corrected chi connectivity index (χ2v) is 8.00. The van der Waals surface area contributed by atoms with E-state index in [2.05, 4.69) is 5.16 Å². The van der Waals surface area contributed by atoms with Crippen LogP contribution in [-0.4, -0.2) is 10.3 Å². The van der Waals surface area contributed by atoms with Crippen LogP contribution in [0.4, 0.5) is 22.0 Å². The van der Waals surface area contributed by atoms with Crippen LogP contribution in [0.5, 0.6) is 0 Å². The molecule has 180 valence electrons. The number of benzene rings is 3.